The molecule has 1 heterocycles. The molecule has 86 valence electrons. The van der Waals surface area contributed by atoms with Gasteiger partial charge in [-0.3, -0.25) is 4.68 Å². The Labute approximate surface area is 81.1 Å². The van der Waals surface area contributed by atoms with Crippen molar-refractivity contribution in [3.8, 4) is 0 Å². The maximum absolute atomic E-state index is 12.1. The standard InChI is InChI=1S/C7H7F5N2O/c1-14-3(5(15)6(8)9)2-4(13-14)7(10,11)12/h2,5-6,15H,1H3. The minimum absolute atomic E-state index is 0.400. The lowest BCUT2D eigenvalue weighted by Gasteiger charge is -2.08. The van der Waals surface area contributed by atoms with Crippen LogP contribution in [0.5, 0.6) is 0 Å². The Morgan fingerprint density at radius 2 is 1.93 bits per heavy atom. The molecule has 0 amide bonds. The SMILES string of the molecule is Cn1nc(C(F)(F)F)cc1C(O)C(F)F. The summed E-state index contributed by atoms with van der Waals surface area (Å²) in [6.07, 6.45) is -10.1. The fraction of sp³-hybridized carbons (Fsp3) is 0.571. The van der Waals surface area contributed by atoms with Crippen molar-refractivity contribution < 1.29 is 27.1 Å². The summed E-state index contributed by atoms with van der Waals surface area (Å²) in [5, 5.41) is 11.9. The van der Waals surface area contributed by atoms with Crippen molar-refractivity contribution in [1.29, 1.82) is 0 Å². The molecule has 0 aliphatic rings. The zero-order valence-corrected chi connectivity index (χ0v) is 7.46. The molecule has 0 bridgehead atoms. The van der Waals surface area contributed by atoms with Gasteiger partial charge in [0.05, 0.1) is 5.69 Å². The maximum atomic E-state index is 12.1. The number of rotatable bonds is 2. The Morgan fingerprint density at radius 3 is 2.27 bits per heavy atom. The number of hydrogen-bond acceptors (Lipinski definition) is 2. The summed E-state index contributed by atoms with van der Waals surface area (Å²) in [5.74, 6) is 0. The third-order valence-corrected chi connectivity index (χ3v) is 1.75. The molecule has 0 aliphatic heterocycles. The predicted molar refractivity (Wildman–Crippen MR) is 39.2 cm³/mol. The molecule has 0 aromatic carbocycles. The number of aryl methyl sites for hydroxylation is 1. The molecule has 3 nitrogen and oxygen atoms in total. The van der Waals surface area contributed by atoms with Crippen LogP contribution in [0.3, 0.4) is 0 Å². The van der Waals surface area contributed by atoms with Gasteiger partial charge in [-0.15, -0.1) is 0 Å². The number of halogens is 5. The van der Waals surface area contributed by atoms with Gasteiger partial charge in [0.1, 0.15) is 0 Å². The van der Waals surface area contributed by atoms with Gasteiger partial charge in [-0.25, -0.2) is 8.78 Å². The Kier molecular flexibility index (Phi) is 2.98. The molecule has 1 aromatic heterocycles. The van der Waals surface area contributed by atoms with Crippen molar-refractivity contribution in [3.63, 3.8) is 0 Å². The van der Waals surface area contributed by atoms with E-state index in [2.05, 4.69) is 5.10 Å². The smallest absolute Gasteiger partial charge is 0.381 e. The quantitative estimate of drug-likeness (QED) is 0.786. The van der Waals surface area contributed by atoms with Crippen LogP contribution < -0.4 is 0 Å². The molecule has 1 N–H and O–H groups in total. The Hall–Kier alpha value is -1.18. The van der Waals surface area contributed by atoms with E-state index in [9.17, 15) is 22.0 Å². The molecule has 1 aromatic rings. The van der Waals surface area contributed by atoms with Gasteiger partial charge in [0.25, 0.3) is 6.43 Å². The zero-order chi connectivity index (χ0) is 11.8. The molecule has 0 spiro atoms. The lowest BCUT2D eigenvalue weighted by atomic mass is 10.2. The highest BCUT2D eigenvalue weighted by Crippen LogP contribution is 2.30. The summed E-state index contributed by atoms with van der Waals surface area (Å²) < 4.78 is 60.9. The minimum atomic E-state index is -4.71. The first-order chi connectivity index (χ1) is 6.73. The molecule has 0 fully saturated rings. The van der Waals surface area contributed by atoms with Gasteiger partial charge in [-0.2, -0.15) is 18.3 Å². The highest BCUT2D eigenvalue weighted by Gasteiger charge is 2.36. The molecule has 1 unspecified atom stereocenters. The lowest BCUT2D eigenvalue weighted by Crippen LogP contribution is -2.12. The predicted octanol–water partition coefficient (Wildman–Crippen LogP) is 1.74. The summed E-state index contributed by atoms with van der Waals surface area (Å²) in [6.45, 7) is 0. The van der Waals surface area contributed by atoms with Crippen molar-refractivity contribution in [2.75, 3.05) is 0 Å². The van der Waals surface area contributed by atoms with E-state index >= 15 is 0 Å². The Bertz CT molecular complexity index is 346. The third-order valence-electron chi connectivity index (χ3n) is 1.75. The first-order valence-electron chi connectivity index (χ1n) is 3.81. The summed E-state index contributed by atoms with van der Waals surface area (Å²) in [7, 11) is 1.05. The number of hydrogen-bond donors (Lipinski definition) is 1. The van der Waals surface area contributed by atoms with E-state index in [1.165, 1.54) is 0 Å². The molecular formula is C7H7F5N2O. The largest absolute Gasteiger partial charge is 0.435 e. The van der Waals surface area contributed by atoms with Crippen LogP contribution >= 0.6 is 0 Å². The molecule has 1 atom stereocenters. The molecule has 1 rings (SSSR count). The van der Waals surface area contributed by atoms with E-state index in [0.717, 1.165) is 7.05 Å². The summed E-state index contributed by atoms with van der Waals surface area (Å²) in [6, 6.07) is 0.400. The molecule has 15 heavy (non-hydrogen) atoms. The van der Waals surface area contributed by atoms with E-state index in [1.807, 2.05) is 0 Å². The van der Waals surface area contributed by atoms with Gasteiger partial charge in [0.15, 0.2) is 11.8 Å². The van der Waals surface area contributed by atoms with Gasteiger partial charge in [-0.1, -0.05) is 0 Å². The van der Waals surface area contributed by atoms with Crippen LogP contribution in [0.4, 0.5) is 22.0 Å². The average Bonchev–Trinajstić information content (AvgIpc) is 2.45. The summed E-state index contributed by atoms with van der Waals surface area (Å²) in [5.41, 5.74) is -1.88. The second-order valence-corrected chi connectivity index (χ2v) is 2.86. The first-order valence-corrected chi connectivity index (χ1v) is 3.81. The van der Waals surface area contributed by atoms with E-state index in [-0.39, 0.29) is 0 Å². The molecular weight excluding hydrogens is 223 g/mol. The van der Waals surface area contributed by atoms with Gasteiger partial charge in [0, 0.05) is 7.05 Å². The fourth-order valence-corrected chi connectivity index (χ4v) is 1.03. The number of aliphatic hydroxyl groups excluding tert-OH is 1. The van der Waals surface area contributed by atoms with E-state index in [1.54, 1.807) is 0 Å². The molecule has 0 saturated heterocycles. The topological polar surface area (TPSA) is 38.0 Å². The van der Waals surface area contributed by atoms with Crippen molar-refractivity contribution in [2.24, 2.45) is 7.05 Å². The van der Waals surface area contributed by atoms with Crippen molar-refractivity contribution >= 4 is 0 Å². The van der Waals surface area contributed by atoms with Crippen molar-refractivity contribution in [3.05, 3.63) is 17.5 Å². The zero-order valence-electron chi connectivity index (χ0n) is 7.46. The van der Waals surface area contributed by atoms with Gasteiger partial charge in [-0.05, 0) is 6.07 Å². The summed E-state index contributed by atoms with van der Waals surface area (Å²) in [4.78, 5) is 0. The maximum Gasteiger partial charge on any atom is 0.435 e. The Balaban J connectivity index is 3.07. The second-order valence-electron chi connectivity index (χ2n) is 2.86. The highest BCUT2D eigenvalue weighted by molar-refractivity contribution is 5.15. The number of nitrogens with zero attached hydrogens (tertiary/aromatic N) is 2. The normalized spacial score (nSPS) is 14.7. The first kappa shape index (κ1) is 11.9. The van der Waals surface area contributed by atoms with Crippen LogP contribution in [0.2, 0.25) is 0 Å². The number of aromatic nitrogens is 2. The average molecular weight is 230 g/mol. The van der Waals surface area contributed by atoms with Crippen LogP contribution in [0.25, 0.3) is 0 Å². The van der Waals surface area contributed by atoms with E-state index < -0.39 is 30.1 Å². The number of aliphatic hydroxyl groups is 1. The molecule has 0 aliphatic carbocycles. The monoisotopic (exact) mass is 230 g/mol. The van der Waals surface area contributed by atoms with Crippen LogP contribution in [0.15, 0.2) is 6.07 Å². The molecule has 0 saturated carbocycles. The molecule has 8 heteroatoms. The summed E-state index contributed by atoms with van der Waals surface area (Å²) >= 11 is 0. The van der Waals surface area contributed by atoms with E-state index in [0.29, 0.717) is 10.7 Å². The van der Waals surface area contributed by atoms with Gasteiger partial charge in [0.2, 0.25) is 0 Å². The van der Waals surface area contributed by atoms with Gasteiger partial charge >= 0.3 is 6.18 Å². The van der Waals surface area contributed by atoms with Gasteiger partial charge < -0.3 is 5.11 Å². The highest BCUT2D eigenvalue weighted by atomic mass is 19.4. The van der Waals surface area contributed by atoms with Crippen molar-refractivity contribution in [1.82, 2.24) is 9.78 Å². The fourth-order valence-electron chi connectivity index (χ4n) is 1.03. The van der Waals surface area contributed by atoms with Crippen LogP contribution in [-0.2, 0) is 13.2 Å². The lowest BCUT2D eigenvalue weighted by molar-refractivity contribution is -0.141. The number of alkyl halides is 5. The van der Waals surface area contributed by atoms with Crippen molar-refractivity contribution in [2.45, 2.75) is 18.7 Å². The Morgan fingerprint density at radius 1 is 1.40 bits per heavy atom. The van der Waals surface area contributed by atoms with Crippen LogP contribution in [0.1, 0.15) is 17.5 Å². The third kappa shape index (κ3) is 2.44. The van der Waals surface area contributed by atoms with E-state index in [4.69, 9.17) is 5.11 Å². The second kappa shape index (κ2) is 3.76. The van der Waals surface area contributed by atoms with Crippen LogP contribution in [0, 0.1) is 0 Å². The van der Waals surface area contributed by atoms with Crippen LogP contribution in [-0.4, -0.2) is 21.3 Å². The molecule has 0 radical (unpaired) electrons. The minimum Gasteiger partial charge on any atom is -0.381 e.